The molecule has 1 fully saturated rings. The average Bonchev–Trinajstić information content (AvgIpc) is 2.58. The molecule has 2 aromatic carbocycles. The Labute approximate surface area is 140 Å². The molecule has 1 saturated carbocycles. The van der Waals surface area contributed by atoms with E-state index in [2.05, 4.69) is 5.32 Å². The van der Waals surface area contributed by atoms with Crippen molar-refractivity contribution in [3.63, 3.8) is 0 Å². The van der Waals surface area contributed by atoms with Crippen LogP contribution in [0.25, 0.3) is 10.8 Å². The number of rotatable bonds is 4. The standard InChI is InChI=1S/C19H20N2O3/c20-18(23)17(13-7-3-8-14(22)11-13)21-19(24)16-10-4-6-12-5-1-2-9-15(12)16/h1-2,4-6,9-10,13,17H,3,7-8,11H2,(H2,20,23)(H,21,24)/t13-,17-/m0/s1. The van der Waals surface area contributed by atoms with Gasteiger partial charge in [-0.2, -0.15) is 0 Å². The summed E-state index contributed by atoms with van der Waals surface area (Å²) in [5.74, 6) is -1.03. The Morgan fingerprint density at radius 1 is 1.12 bits per heavy atom. The van der Waals surface area contributed by atoms with Gasteiger partial charge in [0.2, 0.25) is 5.91 Å². The first-order valence-corrected chi connectivity index (χ1v) is 8.16. The lowest BCUT2D eigenvalue weighted by atomic mass is 9.82. The van der Waals surface area contributed by atoms with Crippen molar-refractivity contribution >= 4 is 28.4 Å². The molecule has 5 nitrogen and oxygen atoms in total. The summed E-state index contributed by atoms with van der Waals surface area (Å²) in [6.45, 7) is 0. The molecule has 2 aromatic rings. The minimum absolute atomic E-state index is 0.122. The smallest absolute Gasteiger partial charge is 0.252 e. The number of nitrogens with two attached hydrogens (primary N) is 1. The van der Waals surface area contributed by atoms with Crippen LogP contribution in [0.1, 0.15) is 36.0 Å². The van der Waals surface area contributed by atoms with Gasteiger partial charge in [0, 0.05) is 18.4 Å². The van der Waals surface area contributed by atoms with Crippen LogP contribution in [0.2, 0.25) is 0 Å². The average molecular weight is 324 g/mol. The highest BCUT2D eigenvalue weighted by atomic mass is 16.2. The predicted octanol–water partition coefficient (Wildman–Crippen LogP) is 2.18. The summed E-state index contributed by atoms with van der Waals surface area (Å²) in [5, 5.41) is 4.52. The van der Waals surface area contributed by atoms with Crippen LogP contribution in [0.5, 0.6) is 0 Å². The van der Waals surface area contributed by atoms with E-state index in [1.165, 1.54) is 0 Å². The van der Waals surface area contributed by atoms with E-state index >= 15 is 0 Å². The molecule has 24 heavy (non-hydrogen) atoms. The first-order chi connectivity index (χ1) is 11.6. The normalized spacial score (nSPS) is 19.0. The zero-order valence-corrected chi connectivity index (χ0v) is 13.3. The van der Waals surface area contributed by atoms with Crippen LogP contribution in [-0.4, -0.2) is 23.6 Å². The molecule has 2 amide bonds. The fraction of sp³-hybridized carbons (Fsp3) is 0.316. The first kappa shape index (κ1) is 16.2. The molecule has 3 N–H and O–H groups in total. The predicted molar refractivity (Wildman–Crippen MR) is 91.4 cm³/mol. The summed E-state index contributed by atoms with van der Waals surface area (Å²) in [6.07, 6.45) is 2.29. The van der Waals surface area contributed by atoms with Gasteiger partial charge < -0.3 is 11.1 Å². The van der Waals surface area contributed by atoms with Crippen LogP contribution in [0.15, 0.2) is 42.5 Å². The van der Waals surface area contributed by atoms with E-state index in [1.54, 1.807) is 12.1 Å². The van der Waals surface area contributed by atoms with Crippen molar-refractivity contribution in [1.29, 1.82) is 0 Å². The molecule has 124 valence electrons. The van der Waals surface area contributed by atoms with Gasteiger partial charge in [-0.1, -0.05) is 36.4 Å². The van der Waals surface area contributed by atoms with Gasteiger partial charge in [0.15, 0.2) is 0 Å². The number of primary amides is 1. The number of carbonyl (C=O) groups excluding carboxylic acids is 3. The zero-order chi connectivity index (χ0) is 17.1. The number of hydrogen-bond donors (Lipinski definition) is 2. The lowest BCUT2D eigenvalue weighted by Gasteiger charge is -2.28. The Hall–Kier alpha value is -2.69. The van der Waals surface area contributed by atoms with Crippen LogP contribution in [0.3, 0.4) is 0 Å². The Bertz CT molecular complexity index is 795. The number of benzene rings is 2. The van der Waals surface area contributed by atoms with Crippen LogP contribution < -0.4 is 11.1 Å². The Balaban J connectivity index is 1.85. The molecule has 1 aliphatic rings. The highest BCUT2D eigenvalue weighted by Crippen LogP contribution is 2.25. The van der Waals surface area contributed by atoms with Gasteiger partial charge in [-0.15, -0.1) is 0 Å². The molecular formula is C19H20N2O3. The zero-order valence-electron chi connectivity index (χ0n) is 13.3. The molecule has 0 radical (unpaired) electrons. The molecule has 0 heterocycles. The molecule has 5 heteroatoms. The van der Waals surface area contributed by atoms with Crippen molar-refractivity contribution < 1.29 is 14.4 Å². The summed E-state index contributed by atoms with van der Waals surface area (Å²) >= 11 is 0. The number of ketones is 1. The molecule has 0 aromatic heterocycles. The number of hydrogen-bond acceptors (Lipinski definition) is 3. The molecule has 2 atom stereocenters. The summed E-state index contributed by atoms with van der Waals surface area (Å²) < 4.78 is 0. The summed E-state index contributed by atoms with van der Waals surface area (Å²) in [6, 6.07) is 12.2. The van der Waals surface area contributed by atoms with Crippen molar-refractivity contribution in [3.05, 3.63) is 48.0 Å². The van der Waals surface area contributed by atoms with Crippen molar-refractivity contribution in [2.24, 2.45) is 11.7 Å². The third-order valence-electron chi connectivity index (χ3n) is 4.62. The number of fused-ring (bicyclic) bond motifs is 1. The molecule has 0 bridgehead atoms. The largest absolute Gasteiger partial charge is 0.368 e. The number of Topliss-reactive ketones (excluding diaryl/α,β-unsaturated/α-hetero) is 1. The maximum atomic E-state index is 12.7. The fourth-order valence-electron chi connectivity index (χ4n) is 3.41. The lowest BCUT2D eigenvalue weighted by molar-refractivity contribution is -0.124. The molecule has 0 spiro atoms. The Kier molecular flexibility index (Phi) is 4.60. The van der Waals surface area contributed by atoms with Crippen molar-refractivity contribution in [2.45, 2.75) is 31.7 Å². The topological polar surface area (TPSA) is 89.3 Å². The van der Waals surface area contributed by atoms with Gasteiger partial charge >= 0.3 is 0 Å². The molecule has 1 aliphatic carbocycles. The van der Waals surface area contributed by atoms with Crippen molar-refractivity contribution in [3.8, 4) is 0 Å². The summed E-state index contributed by atoms with van der Waals surface area (Å²) in [4.78, 5) is 36.2. The summed E-state index contributed by atoms with van der Waals surface area (Å²) in [7, 11) is 0. The van der Waals surface area contributed by atoms with Crippen LogP contribution in [0.4, 0.5) is 0 Å². The maximum absolute atomic E-state index is 12.7. The minimum atomic E-state index is -0.819. The molecular weight excluding hydrogens is 304 g/mol. The molecule has 0 unspecified atom stereocenters. The third kappa shape index (κ3) is 3.30. The Morgan fingerprint density at radius 2 is 1.88 bits per heavy atom. The van der Waals surface area contributed by atoms with Gasteiger partial charge in [0.05, 0.1) is 0 Å². The van der Waals surface area contributed by atoms with Crippen LogP contribution in [-0.2, 0) is 9.59 Å². The van der Waals surface area contributed by atoms with Gasteiger partial charge in [-0.05, 0) is 35.6 Å². The van der Waals surface area contributed by atoms with E-state index < -0.39 is 11.9 Å². The lowest BCUT2D eigenvalue weighted by Crippen LogP contribution is -2.50. The second-order valence-electron chi connectivity index (χ2n) is 6.28. The van der Waals surface area contributed by atoms with E-state index in [4.69, 9.17) is 5.73 Å². The molecule has 3 rings (SSSR count). The number of amides is 2. The minimum Gasteiger partial charge on any atom is -0.368 e. The first-order valence-electron chi connectivity index (χ1n) is 8.16. The molecule has 0 aliphatic heterocycles. The number of nitrogens with one attached hydrogen (secondary N) is 1. The van der Waals surface area contributed by atoms with Gasteiger partial charge in [0.1, 0.15) is 11.8 Å². The van der Waals surface area contributed by atoms with Gasteiger partial charge in [-0.3, -0.25) is 14.4 Å². The second kappa shape index (κ2) is 6.83. The van der Waals surface area contributed by atoms with Crippen LogP contribution >= 0.6 is 0 Å². The Morgan fingerprint density at radius 3 is 2.62 bits per heavy atom. The number of carbonyl (C=O) groups is 3. The van der Waals surface area contributed by atoms with Gasteiger partial charge in [0.25, 0.3) is 5.91 Å². The van der Waals surface area contributed by atoms with E-state index in [0.717, 1.165) is 23.6 Å². The van der Waals surface area contributed by atoms with E-state index in [-0.39, 0.29) is 17.6 Å². The van der Waals surface area contributed by atoms with Gasteiger partial charge in [-0.25, -0.2) is 0 Å². The molecule has 0 saturated heterocycles. The maximum Gasteiger partial charge on any atom is 0.252 e. The third-order valence-corrected chi connectivity index (χ3v) is 4.62. The highest BCUT2D eigenvalue weighted by molar-refractivity contribution is 6.08. The second-order valence-corrected chi connectivity index (χ2v) is 6.28. The quantitative estimate of drug-likeness (QED) is 0.903. The highest BCUT2D eigenvalue weighted by Gasteiger charge is 2.32. The van der Waals surface area contributed by atoms with Crippen LogP contribution in [0, 0.1) is 5.92 Å². The fourth-order valence-corrected chi connectivity index (χ4v) is 3.41. The van der Waals surface area contributed by atoms with Crippen molar-refractivity contribution in [1.82, 2.24) is 5.32 Å². The SMILES string of the molecule is NC(=O)[C@@H](NC(=O)c1cccc2ccccc12)[C@H]1CCCC(=O)C1. The summed E-state index contributed by atoms with van der Waals surface area (Å²) in [5.41, 5.74) is 5.99. The van der Waals surface area contributed by atoms with E-state index in [0.29, 0.717) is 18.4 Å². The van der Waals surface area contributed by atoms with E-state index in [1.807, 2.05) is 30.3 Å². The van der Waals surface area contributed by atoms with Crippen molar-refractivity contribution in [2.75, 3.05) is 0 Å². The monoisotopic (exact) mass is 324 g/mol. The van der Waals surface area contributed by atoms with E-state index in [9.17, 15) is 14.4 Å².